The van der Waals surface area contributed by atoms with Crippen LogP contribution in [0.1, 0.15) is 50.9 Å². The van der Waals surface area contributed by atoms with E-state index < -0.39 is 0 Å². The van der Waals surface area contributed by atoms with E-state index in [0.717, 1.165) is 38.5 Å². The smallest absolute Gasteiger partial charge is 0.252 e. The summed E-state index contributed by atoms with van der Waals surface area (Å²) in [6, 6.07) is 3.50. The molecule has 156 valence electrons. The van der Waals surface area contributed by atoms with E-state index >= 15 is 0 Å². The van der Waals surface area contributed by atoms with Crippen molar-refractivity contribution < 1.29 is 9.53 Å². The van der Waals surface area contributed by atoms with E-state index in [1.807, 2.05) is 6.92 Å². The third-order valence-corrected chi connectivity index (χ3v) is 4.75. The highest BCUT2D eigenvalue weighted by Gasteiger charge is 2.35. The lowest BCUT2D eigenvalue weighted by Crippen LogP contribution is -2.44. The van der Waals surface area contributed by atoms with Crippen LogP contribution >= 0.6 is 0 Å². The van der Waals surface area contributed by atoms with E-state index in [9.17, 15) is 4.79 Å². The number of hydrogen-bond acceptors (Lipinski definition) is 4. The molecule has 2 heterocycles. The second-order valence-electron chi connectivity index (χ2n) is 8.20. The van der Waals surface area contributed by atoms with Crippen LogP contribution in [0, 0.1) is 11.3 Å². The van der Waals surface area contributed by atoms with Crippen molar-refractivity contribution >= 4 is 11.9 Å². The van der Waals surface area contributed by atoms with Crippen molar-refractivity contribution in [3.63, 3.8) is 0 Å². The van der Waals surface area contributed by atoms with E-state index in [-0.39, 0.29) is 17.4 Å². The van der Waals surface area contributed by atoms with Gasteiger partial charge in [0.25, 0.3) is 5.91 Å². The van der Waals surface area contributed by atoms with Crippen LogP contribution in [-0.4, -0.2) is 55.7 Å². The number of guanidine groups is 1. The Kier molecular flexibility index (Phi) is 8.70. The standard InChI is InChI=1S/C21H35N5O2/c1-5-23-20(25-12-11-24-19(27)17-8-6-10-22-14-17)26-15-16-9-7-13-28-18(16)21(2,3)4/h6,8,10,14,16,18H,5,7,9,11-13,15H2,1-4H3,(H,24,27)(H2,23,25,26). The van der Waals surface area contributed by atoms with Gasteiger partial charge in [0.1, 0.15) is 0 Å². The van der Waals surface area contributed by atoms with Gasteiger partial charge in [0.15, 0.2) is 5.96 Å². The predicted molar refractivity (Wildman–Crippen MR) is 112 cm³/mol. The topological polar surface area (TPSA) is 87.6 Å². The molecule has 7 nitrogen and oxygen atoms in total. The lowest BCUT2D eigenvalue weighted by atomic mass is 9.78. The molecule has 0 spiro atoms. The first kappa shape index (κ1) is 22.1. The minimum Gasteiger partial charge on any atom is -0.377 e. The molecule has 7 heteroatoms. The van der Waals surface area contributed by atoms with Crippen molar-refractivity contribution in [1.29, 1.82) is 0 Å². The normalized spacial score (nSPS) is 20.5. The average molecular weight is 390 g/mol. The summed E-state index contributed by atoms with van der Waals surface area (Å²) in [7, 11) is 0. The maximum Gasteiger partial charge on any atom is 0.252 e. The summed E-state index contributed by atoms with van der Waals surface area (Å²) in [5.41, 5.74) is 0.678. The van der Waals surface area contributed by atoms with Gasteiger partial charge in [-0.05, 0) is 37.3 Å². The first-order valence-electron chi connectivity index (χ1n) is 10.2. The molecule has 1 aliphatic heterocycles. The SMILES string of the molecule is CCNC(=NCC1CCCOC1C(C)(C)C)NCCNC(=O)c1cccnc1. The van der Waals surface area contributed by atoms with Crippen LogP contribution in [0.15, 0.2) is 29.5 Å². The van der Waals surface area contributed by atoms with Crippen molar-refractivity contribution in [3.05, 3.63) is 30.1 Å². The fourth-order valence-electron chi connectivity index (χ4n) is 3.49. The maximum atomic E-state index is 12.0. The molecule has 1 saturated heterocycles. The number of nitrogens with zero attached hydrogens (tertiary/aromatic N) is 2. The molecule has 0 bridgehead atoms. The summed E-state index contributed by atoms with van der Waals surface area (Å²) in [5.74, 6) is 1.08. The number of aliphatic imine (C=N–C) groups is 1. The Morgan fingerprint density at radius 1 is 1.29 bits per heavy atom. The average Bonchev–Trinajstić information content (AvgIpc) is 2.69. The summed E-state index contributed by atoms with van der Waals surface area (Å²) in [6.07, 6.45) is 5.68. The zero-order valence-electron chi connectivity index (χ0n) is 17.6. The van der Waals surface area contributed by atoms with Crippen LogP contribution in [0.5, 0.6) is 0 Å². The molecule has 1 amide bonds. The van der Waals surface area contributed by atoms with Gasteiger partial charge >= 0.3 is 0 Å². The molecule has 1 fully saturated rings. The van der Waals surface area contributed by atoms with Gasteiger partial charge in [-0.15, -0.1) is 0 Å². The highest BCUT2D eigenvalue weighted by Crippen LogP contribution is 2.34. The van der Waals surface area contributed by atoms with E-state index in [0.29, 0.717) is 24.6 Å². The third-order valence-electron chi connectivity index (χ3n) is 4.75. The number of ether oxygens (including phenoxy) is 1. The van der Waals surface area contributed by atoms with Gasteiger partial charge in [-0.2, -0.15) is 0 Å². The van der Waals surface area contributed by atoms with Crippen LogP contribution in [0.2, 0.25) is 0 Å². The summed E-state index contributed by atoms with van der Waals surface area (Å²) >= 11 is 0. The number of nitrogens with one attached hydrogen (secondary N) is 3. The Hall–Kier alpha value is -2.15. The van der Waals surface area contributed by atoms with Gasteiger partial charge in [0.05, 0.1) is 11.7 Å². The Labute approximate surface area is 168 Å². The Morgan fingerprint density at radius 2 is 2.07 bits per heavy atom. The van der Waals surface area contributed by atoms with Crippen LogP contribution in [0.4, 0.5) is 0 Å². The highest BCUT2D eigenvalue weighted by molar-refractivity contribution is 5.93. The van der Waals surface area contributed by atoms with E-state index in [2.05, 4.69) is 41.7 Å². The van der Waals surface area contributed by atoms with Crippen molar-refractivity contribution in [3.8, 4) is 0 Å². The fraction of sp³-hybridized carbons (Fsp3) is 0.667. The largest absolute Gasteiger partial charge is 0.377 e. The minimum atomic E-state index is -0.121. The molecule has 2 rings (SSSR count). The third kappa shape index (κ3) is 7.11. The van der Waals surface area contributed by atoms with Gasteiger partial charge in [-0.25, -0.2) is 0 Å². The number of aromatic nitrogens is 1. The monoisotopic (exact) mass is 389 g/mol. The summed E-state index contributed by atoms with van der Waals surface area (Å²) < 4.78 is 6.05. The summed E-state index contributed by atoms with van der Waals surface area (Å²) in [5, 5.41) is 9.44. The molecule has 2 unspecified atom stereocenters. The van der Waals surface area contributed by atoms with Crippen molar-refractivity contribution in [2.45, 2.75) is 46.6 Å². The summed E-state index contributed by atoms with van der Waals surface area (Å²) in [4.78, 5) is 20.8. The number of carbonyl (C=O) groups excluding carboxylic acids is 1. The Morgan fingerprint density at radius 3 is 2.75 bits per heavy atom. The van der Waals surface area contributed by atoms with Gasteiger partial charge in [-0.1, -0.05) is 20.8 Å². The first-order chi connectivity index (χ1) is 13.4. The number of rotatable bonds is 7. The predicted octanol–water partition coefficient (Wildman–Crippen LogP) is 2.21. The van der Waals surface area contributed by atoms with E-state index in [1.54, 1.807) is 24.5 Å². The molecule has 0 saturated carbocycles. The molecule has 1 aromatic rings. The quantitative estimate of drug-likeness (QED) is 0.378. The zero-order chi connectivity index (χ0) is 20.4. The lowest BCUT2D eigenvalue weighted by molar-refractivity contribution is -0.0823. The molecule has 0 aliphatic carbocycles. The van der Waals surface area contributed by atoms with Crippen molar-refractivity contribution in [2.75, 3.05) is 32.8 Å². The molecule has 1 aliphatic rings. The molecule has 3 N–H and O–H groups in total. The Bertz CT molecular complexity index is 627. The van der Waals surface area contributed by atoms with Gasteiger partial charge < -0.3 is 20.7 Å². The summed E-state index contributed by atoms with van der Waals surface area (Å²) in [6.45, 7) is 12.2. The highest BCUT2D eigenvalue weighted by atomic mass is 16.5. The fourth-order valence-corrected chi connectivity index (χ4v) is 3.49. The van der Waals surface area contributed by atoms with Crippen molar-refractivity contribution in [2.24, 2.45) is 16.3 Å². The van der Waals surface area contributed by atoms with Crippen LogP contribution < -0.4 is 16.0 Å². The maximum absolute atomic E-state index is 12.0. The van der Waals surface area contributed by atoms with Crippen LogP contribution in [0.3, 0.4) is 0 Å². The molecule has 1 aromatic heterocycles. The number of hydrogen-bond donors (Lipinski definition) is 3. The molecular weight excluding hydrogens is 354 g/mol. The second-order valence-corrected chi connectivity index (χ2v) is 8.20. The van der Waals surface area contributed by atoms with Crippen molar-refractivity contribution in [1.82, 2.24) is 20.9 Å². The number of pyridine rings is 1. The van der Waals surface area contributed by atoms with E-state index in [1.165, 1.54) is 0 Å². The molecule has 0 radical (unpaired) electrons. The van der Waals surface area contributed by atoms with E-state index in [4.69, 9.17) is 9.73 Å². The molecule has 2 atom stereocenters. The lowest BCUT2D eigenvalue weighted by Gasteiger charge is -2.39. The molecular formula is C21H35N5O2. The second kappa shape index (κ2) is 11.0. The van der Waals surface area contributed by atoms with Gasteiger partial charge in [-0.3, -0.25) is 14.8 Å². The van der Waals surface area contributed by atoms with Crippen LogP contribution in [-0.2, 0) is 4.74 Å². The number of carbonyl (C=O) groups is 1. The van der Waals surface area contributed by atoms with Crippen LogP contribution in [0.25, 0.3) is 0 Å². The zero-order valence-corrected chi connectivity index (χ0v) is 17.6. The molecule has 0 aromatic carbocycles. The molecule has 28 heavy (non-hydrogen) atoms. The van der Waals surface area contributed by atoms with Gasteiger partial charge in [0.2, 0.25) is 0 Å². The number of amides is 1. The Balaban J connectivity index is 1.82. The van der Waals surface area contributed by atoms with Gasteiger partial charge in [0, 0.05) is 51.1 Å². The minimum absolute atomic E-state index is 0.114. The first-order valence-corrected chi connectivity index (χ1v) is 10.2.